The van der Waals surface area contributed by atoms with E-state index in [2.05, 4.69) is 41.6 Å². The van der Waals surface area contributed by atoms with Crippen molar-refractivity contribution < 1.29 is 14.7 Å². The number of hydrogen-bond acceptors (Lipinski definition) is 4. The molecule has 0 saturated carbocycles. The molecule has 0 saturated heterocycles. The Kier molecular flexibility index (Phi) is 7.09. The number of thioether (sulfide) groups is 1. The second-order valence-electron chi connectivity index (χ2n) is 6.33. The van der Waals surface area contributed by atoms with E-state index in [-0.39, 0.29) is 11.5 Å². The molecule has 0 spiro atoms. The molecule has 0 aromatic heterocycles. The van der Waals surface area contributed by atoms with Gasteiger partial charge in [0.1, 0.15) is 6.61 Å². The van der Waals surface area contributed by atoms with E-state index >= 15 is 0 Å². The monoisotopic (exact) mass is 405 g/mol. The zero-order valence-electron chi connectivity index (χ0n) is 16.2. The fraction of sp³-hybridized carbons (Fsp3) is 0.167. The molecule has 1 N–H and O–H groups in total. The van der Waals surface area contributed by atoms with Gasteiger partial charge in [0, 0.05) is 5.75 Å². The maximum absolute atomic E-state index is 11.7. The number of benzene rings is 3. The summed E-state index contributed by atoms with van der Waals surface area (Å²) in [6.45, 7) is 2.10. The second-order valence-corrected chi connectivity index (χ2v) is 7.52. The van der Waals surface area contributed by atoms with Crippen LogP contribution in [-0.2, 0) is 14.4 Å². The Bertz CT molecular complexity index is 847. The lowest BCUT2D eigenvalue weighted by Gasteiger charge is -2.35. The van der Waals surface area contributed by atoms with Gasteiger partial charge in [-0.1, -0.05) is 96.2 Å². The predicted octanol–water partition coefficient (Wildman–Crippen LogP) is 5.19. The van der Waals surface area contributed by atoms with Crippen molar-refractivity contribution in [2.45, 2.75) is 11.7 Å². The first-order chi connectivity index (χ1) is 14.2. The number of carboxylic acids is 1. The normalized spacial score (nSPS) is 11.8. The molecule has 0 bridgehead atoms. The molecule has 0 radical (unpaired) electrons. The van der Waals surface area contributed by atoms with E-state index < -0.39 is 10.7 Å². The lowest BCUT2D eigenvalue weighted by Crippen LogP contribution is -2.28. The van der Waals surface area contributed by atoms with Gasteiger partial charge in [-0.3, -0.25) is 0 Å². The van der Waals surface area contributed by atoms with Gasteiger partial charge in [-0.25, -0.2) is 4.79 Å². The molecular formula is C24H23NO3S. The van der Waals surface area contributed by atoms with E-state index in [1.807, 2.05) is 54.6 Å². The van der Waals surface area contributed by atoms with Crippen LogP contribution in [-0.4, -0.2) is 29.1 Å². The zero-order valence-corrected chi connectivity index (χ0v) is 17.0. The van der Waals surface area contributed by atoms with E-state index in [1.165, 1.54) is 11.8 Å². The lowest BCUT2D eigenvalue weighted by atomic mass is 9.84. The van der Waals surface area contributed by atoms with Crippen LogP contribution in [0.4, 0.5) is 0 Å². The van der Waals surface area contributed by atoms with Gasteiger partial charge in [0.25, 0.3) is 0 Å². The summed E-state index contributed by atoms with van der Waals surface area (Å²) in [5, 5.41) is 13.4. The van der Waals surface area contributed by atoms with Crippen molar-refractivity contribution >= 4 is 23.4 Å². The fourth-order valence-electron chi connectivity index (χ4n) is 3.21. The Morgan fingerprint density at radius 1 is 0.862 bits per heavy atom. The average Bonchev–Trinajstić information content (AvgIpc) is 2.78. The molecule has 0 amide bonds. The van der Waals surface area contributed by atoms with E-state index in [4.69, 9.17) is 4.84 Å². The highest BCUT2D eigenvalue weighted by atomic mass is 32.2. The van der Waals surface area contributed by atoms with Crippen LogP contribution in [0.1, 0.15) is 23.6 Å². The van der Waals surface area contributed by atoms with Crippen LogP contribution >= 0.6 is 11.8 Å². The molecule has 0 fully saturated rings. The smallest absolute Gasteiger partial charge is 0.354 e. The summed E-state index contributed by atoms with van der Waals surface area (Å²) in [5.74, 6) is -0.886. The van der Waals surface area contributed by atoms with E-state index in [0.29, 0.717) is 6.61 Å². The van der Waals surface area contributed by atoms with Crippen LogP contribution in [0.2, 0.25) is 0 Å². The molecule has 3 rings (SSSR count). The SMILES string of the molecule is CCON=C(CSC(c1ccccc1)(c1ccccc1)c1ccccc1)C(=O)O. The van der Waals surface area contributed by atoms with E-state index in [1.54, 1.807) is 6.92 Å². The van der Waals surface area contributed by atoms with Gasteiger partial charge in [-0.05, 0) is 23.6 Å². The number of nitrogens with zero attached hydrogens (tertiary/aromatic N) is 1. The van der Waals surface area contributed by atoms with Crippen molar-refractivity contribution in [3.05, 3.63) is 108 Å². The lowest BCUT2D eigenvalue weighted by molar-refractivity contribution is -0.129. The van der Waals surface area contributed by atoms with Crippen molar-refractivity contribution in [1.29, 1.82) is 0 Å². The second kappa shape index (κ2) is 9.94. The summed E-state index contributed by atoms with van der Waals surface area (Å²) >= 11 is 1.52. The molecule has 0 heterocycles. The third-order valence-corrected chi connectivity index (χ3v) is 6.07. The molecule has 5 heteroatoms. The van der Waals surface area contributed by atoms with Crippen LogP contribution in [0.3, 0.4) is 0 Å². The maximum atomic E-state index is 11.7. The van der Waals surface area contributed by atoms with Gasteiger partial charge >= 0.3 is 5.97 Å². The Morgan fingerprint density at radius 3 is 1.62 bits per heavy atom. The molecule has 4 nitrogen and oxygen atoms in total. The van der Waals surface area contributed by atoms with Crippen LogP contribution in [0.15, 0.2) is 96.2 Å². The molecule has 148 valence electrons. The molecule has 3 aromatic carbocycles. The molecule has 29 heavy (non-hydrogen) atoms. The quantitative estimate of drug-likeness (QED) is 0.302. The molecule has 0 atom stereocenters. The summed E-state index contributed by atoms with van der Waals surface area (Å²) in [7, 11) is 0. The highest BCUT2D eigenvalue weighted by Crippen LogP contribution is 2.48. The summed E-state index contributed by atoms with van der Waals surface area (Å²) in [4.78, 5) is 16.7. The van der Waals surface area contributed by atoms with Crippen molar-refractivity contribution in [3.63, 3.8) is 0 Å². The summed E-state index contributed by atoms with van der Waals surface area (Å²) in [6, 6.07) is 30.4. The molecule has 3 aromatic rings. The Labute approximate surface area is 175 Å². The maximum Gasteiger partial charge on any atom is 0.354 e. The minimum Gasteiger partial charge on any atom is -0.477 e. The average molecular weight is 406 g/mol. The topological polar surface area (TPSA) is 58.9 Å². The van der Waals surface area contributed by atoms with Gasteiger partial charge in [-0.15, -0.1) is 11.8 Å². The van der Waals surface area contributed by atoms with Crippen LogP contribution in [0, 0.1) is 0 Å². The van der Waals surface area contributed by atoms with E-state index in [9.17, 15) is 9.90 Å². The molecule has 0 aliphatic rings. The number of carboxylic acid groups (broad SMARTS) is 1. The first-order valence-corrected chi connectivity index (χ1v) is 10.4. The largest absolute Gasteiger partial charge is 0.477 e. The van der Waals surface area contributed by atoms with Gasteiger partial charge in [0.05, 0.1) is 4.75 Å². The first kappa shape index (κ1) is 20.7. The Hall–Kier alpha value is -3.05. The van der Waals surface area contributed by atoms with Crippen LogP contribution < -0.4 is 0 Å². The Balaban J connectivity index is 2.16. The first-order valence-electron chi connectivity index (χ1n) is 9.41. The van der Waals surface area contributed by atoms with Gasteiger partial charge < -0.3 is 9.94 Å². The van der Waals surface area contributed by atoms with Crippen LogP contribution in [0.25, 0.3) is 0 Å². The molecule has 0 aliphatic carbocycles. The number of oxime groups is 1. The molecule has 0 aliphatic heterocycles. The summed E-state index contributed by atoms with van der Waals surface area (Å²) in [6.07, 6.45) is 0. The number of carbonyl (C=O) groups is 1. The molecular weight excluding hydrogens is 382 g/mol. The van der Waals surface area contributed by atoms with E-state index in [0.717, 1.165) is 16.7 Å². The minimum atomic E-state index is -1.07. The highest BCUT2D eigenvalue weighted by molar-refractivity contribution is 8.01. The van der Waals surface area contributed by atoms with Crippen LogP contribution in [0.5, 0.6) is 0 Å². The van der Waals surface area contributed by atoms with Gasteiger partial charge in [0.15, 0.2) is 5.71 Å². The third-order valence-electron chi connectivity index (χ3n) is 4.52. The zero-order chi connectivity index (χ0) is 20.5. The number of aliphatic carboxylic acids is 1. The number of rotatable bonds is 9. The predicted molar refractivity (Wildman–Crippen MR) is 118 cm³/mol. The van der Waals surface area contributed by atoms with Gasteiger partial charge in [0.2, 0.25) is 0 Å². The van der Waals surface area contributed by atoms with Crippen molar-refractivity contribution in [2.24, 2.45) is 5.16 Å². The van der Waals surface area contributed by atoms with Crippen molar-refractivity contribution in [3.8, 4) is 0 Å². The summed E-state index contributed by atoms with van der Waals surface area (Å²) in [5.41, 5.74) is 3.21. The Morgan fingerprint density at radius 2 is 1.28 bits per heavy atom. The minimum absolute atomic E-state index is 0.0102. The van der Waals surface area contributed by atoms with Crippen molar-refractivity contribution in [2.75, 3.05) is 12.4 Å². The molecule has 0 unspecified atom stereocenters. The van der Waals surface area contributed by atoms with Gasteiger partial charge in [-0.2, -0.15) is 0 Å². The summed E-state index contributed by atoms with van der Waals surface area (Å²) < 4.78 is -0.591. The number of hydrogen-bond donors (Lipinski definition) is 1. The standard InChI is InChI=1S/C24H23NO3S/c1-2-28-25-22(23(26)27)18-29-24(19-12-6-3-7-13-19,20-14-8-4-9-15-20)21-16-10-5-11-17-21/h3-17H,2,18H2,1H3,(H,26,27). The fourth-order valence-corrected chi connectivity index (χ4v) is 4.65. The third kappa shape index (κ3) is 4.69. The highest BCUT2D eigenvalue weighted by Gasteiger charge is 2.37. The van der Waals surface area contributed by atoms with Crippen molar-refractivity contribution in [1.82, 2.24) is 0 Å².